The zero-order chi connectivity index (χ0) is 23.4. The van der Waals surface area contributed by atoms with Gasteiger partial charge in [-0.05, 0) is 57.6 Å². The smallest absolute Gasteiger partial charge is 0.408 e. The number of esters is 1. The summed E-state index contributed by atoms with van der Waals surface area (Å²) >= 11 is 0. The van der Waals surface area contributed by atoms with Crippen LogP contribution in [0.5, 0.6) is 0 Å². The van der Waals surface area contributed by atoms with Crippen LogP contribution in [-0.2, 0) is 31.9 Å². The number of carbonyl (C=O) groups is 3. The summed E-state index contributed by atoms with van der Waals surface area (Å²) < 4.78 is 10.8. The van der Waals surface area contributed by atoms with Gasteiger partial charge in [0, 0.05) is 12.8 Å². The Kier molecular flexibility index (Phi) is 7.47. The number of benzene rings is 1. The van der Waals surface area contributed by atoms with Gasteiger partial charge in [0.2, 0.25) is 5.91 Å². The minimum atomic E-state index is -1.17. The van der Waals surface area contributed by atoms with Gasteiger partial charge in [-0.3, -0.25) is 4.79 Å². The zero-order valence-corrected chi connectivity index (χ0v) is 19.7. The van der Waals surface area contributed by atoms with Crippen LogP contribution in [0, 0.1) is 5.92 Å². The van der Waals surface area contributed by atoms with Gasteiger partial charge in [-0.2, -0.15) is 0 Å². The molecule has 176 valence electrons. The van der Waals surface area contributed by atoms with Crippen LogP contribution in [0.1, 0.15) is 70.9 Å². The molecule has 2 amide bonds. The van der Waals surface area contributed by atoms with Crippen molar-refractivity contribution >= 4 is 18.0 Å². The highest BCUT2D eigenvalue weighted by Crippen LogP contribution is 2.33. The number of ether oxygens (including phenoxy) is 2. The van der Waals surface area contributed by atoms with E-state index in [1.54, 1.807) is 27.7 Å². The Morgan fingerprint density at radius 1 is 1.06 bits per heavy atom. The van der Waals surface area contributed by atoms with Crippen LogP contribution in [0.4, 0.5) is 4.79 Å². The predicted octanol–water partition coefficient (Wildman–Crippen LogP) is 3.68. The normalized spacial score (nSPS) is 18.9. The lowest BCUT2D eigenvalue weighted by Crippen LogP contribution is -2.62. The van der Waals surface area contributed by atoms with E-state index in [9.17, 15) is 14.4 Å². The van der Waals surface area contributed by atoms with E-state index in [4.69, 9.17) is 9.47 Å². The summed E-state index contributed by atoms with van der Waals surface area (Å²) in [6, 6.07) is 7.04. The number of alkyl carbamates (subject to hydrolysis) is 1. The molecule has 32 heavy (non-hydrogen) atoms. The number of nitrogens with one attached hydrogen (secondary N) is 2. The molecule has 0 heterocycles. The number of amides is 2. The molecule has 0 saturated heterocycles. The molecule has 3 rings (SSSR count). The molecule has 2 aliphatic rings. The first-order valence-electron chi connectivity index (χ1n) is 11.7. The Bertz CT molecular complexity index is 814. The van der Waals surface area contributed by atoms with Gasteiger partial charge in [0.15, 0.2) is 0 Å². The molecule has 0 spiro atoms. The lowest BCUT2D eigenvalue weighted by molar-refractivity contribution is -0.153. The molecule has 7 nitrogen and oxygen atoms in total. The minimum Gasteiger partial charge on any atom is -0.464 e. The highest BCUT2D eigenvalue weighted by molar-refractivity contribution is 5.93. The van der Waals surface area contributed by atoms with Crippen molar-refractivity contribution in [3.63, 3.8) is 0 Å². The van der Waals surface area contributed by atoms with E-state index in [1.165, 1.54) is 0 Å². The molecule has 7 heteroatoms. The topological polar surface area (TPSA) is 93.7 Å². The first-order chi connectivity index (χ1) is 15.1. The van der Waals surface area contributed by atoms with Crippen molar-refractivity contribution in [3.8, 4) is 0 Å². The summed E-state index contributed by atoms with van der Waals surface area (Å²) in [5.41, 5.74) is 0.210. The maximum Gasteiger partial charge on any atom is 0.408 e. The maximum atomic E-state index is 13.6. The molecular weight excluding hydrogens is 408 g/mol. The Balaban J connectivity index is 1.83. The highest BCUT2D eigenvalue weighted by Gasteiger charge is 2.48. The van der Waals surface area contributed by atoms with Crippen LogP contribution in [0.15, 0.2) is 24.3 Å². The van der Waals surface area contributed by atoms with E-state index < -0.39 is 29.2 Å². The zero-order valence-electron chi connectivity index (χ0n) is 19.7. The van der Waals surface area contributed by atoms with Crippen LogP contribution in [0.2, 0.25) is 0 Å². The summed E-state index contributed by atoms with van der Waals surface area (Å²) in [5, 5.41) is 5.81. The molecule has 2 aliphatic carbocycles. The van der Waals surface area contributed by atoms with E-state index in [0.717, 1.165) is 43.2 Å². The Morgan fingerprint density at radius 2 is 1.66 bits per heavy atom. The summed E-state index contributed by atoms with van der Waals surface area (Å²) in [6.07, 6.45) is 4.97. The molecule has 1 fully saturated rings. The molecule has 0 bridgehead atoms. The van der Waals surface area contributed by atoms with Crippen molar-refractivity contribution in [3.05, 3.63) is 35.4 Å². The van der Waals surface area contributed by atoms with Crippen molar-refractivity contribution in [2.24, 2.45) is 5.92 Å². The highest BCUT2D eigenvalue weighted by atomic mass is 16.6. The Labute approximate surface area is 190 Å². The third kappa shape index (κ3) is 5.81. The molecule has 1 saturated carbocycles. The number of hydrogen-bond acceptors (Lipinski definition) is 5. The van der Waals surface area contributed by atoms with E-state index in [-0.39, 0.29) is 18.4 Å². The van der Waals surface area contributed by atoms with E-state index in [0.29, 0.717) is 12.8 Å². The Hall–Kier alpha value is -2.57. The quantitative estimate of drug-likeness (QED) is 0.653. The maximum absolute atomic E-state index is 13.6. The van der Waals surface area contributed by atoms with Crippen LogP contribution >= 0.6 is 0 Å². The molecule has 2 N–H and O–H groups in total. The standard InChI is InChI=1S/C25H36N2O5/c1-5-31-22(29)25(15-18-13-9-10-14-19(18)16-25)27-21(28)20(17-11-7-6-8-12-17)26-23(30)32-24(2,3)4/h9-10,13-14,17,20H,5-8,11-12,15-16H2,1-4H3,(H,26,30)(H,27,28)/t20-/m1/s1. The fourth-order valence-corrected chi connectivity index (χ4v) is 4.78. The average Bonchev–Trinajstić information content (AvgIpc) is 3.11. The summed E-state index contributed by atoms with van der Waals surface area (Å²) in [4.78, 5) is 39.1. The average molecular weight is 445 g/mol. The van der Waals surface area contributed by atoms with Gasteiger partial charge >= 0.3 is 12.1 Å². The molecular formula is C25H36N2O5. The largest absolute Gasteiger partial charge is 0.464 e. The van der Waals surface area contributed by atoms with Crippen molar-refractivity contribution in [1.82, 2.24) is 10.6 Å². The minimum absolute atomic E-state index is 0.000655. The number of carbonyl (C=O) groups excluding carboxylic acids is 3. The Morgan fingerprint density at radius 3 is 2.19 bits per heavy atom. The molecule has 0 aliphatic heterocycles. The van der Waals surface area contributed by atoms with Gasteiger partial charge in [0.05, 0.1) is 6.61 Å². The third-order valence-corrected chi connectivity index (χ3v) is 6.21. The molecule has 1 aromatic carbocycles. The SMILES string of the molecule is CCOC(=O)C1(NC(=O)[C@H](NC(=O)OC(C)(C)C)C2CCCCC2)Cc2ccccc2C1. The molecule has 1 aromatic rings. The molecule has 0 aromatic heterocycles. The van der Waals surface area contributed by atoms with Crippen LogP contribution in [0.25, 0.3) is 0 Å². The third-order valence-electron chi connectivity index (χ3n) is 6.21. The van der Waals surface area contributed by atoms with Crippen molar-refractivity contribution in [2.75, 3.05) is 6.61 Å². The fraction of sp³-hybridized carbons (Fsp3) is 0.640. The summed E-state index contributed by atoms with van der Waals surface area (Å²) in [5.74, 6) is -0.799. The van der Waals surface area contributed by atoms with Crippen LogP contribution < -0.4 is 10.6 Å². The van der Waals surface area contributed by atoms with Crippen LogP contribution in [-0.4, -0.2) is 41.8 Å². The monoisotopic (exact) mass is 444 g/mol. The van der Waals surface area contributed by atoms with Gasteiger partial charge in [-0.1, -0.05) is 43.5 Å². The number of hydrogen-bond donors (Lipinski definition) is 2. The lowest BCUT2D eigenvalue weighted by atomic mass is 9.83. The summed E-state index contributed by atoms with van der Waals surface area (Å²) in [7, 11) is 0. The number of fused-ring (bicyclic) bond motifs is 1. The summed E-state index contributed by atoms with van der Waals surface area (Å²) in [6.45, 7) is 7.34. The van der Waals surface area contributed by atoms with Gasteiger partial charge < -0.3 is 20.1 Å². The van der Waals surface area contributed by atoms with E-state index >= 15 is 0 Å². The second kappa shape index (κ2) is 9.92. The van der Waals surface area contributed by atoms with Gasteiger partial charge in [0.25, 0.3) is 0 Å². The van der Waals surface area contributed by atoms with Gasteiger partial charge in [-0.25, -0.2) is 9.59 Å². The van der Waals surface area contributed by atoms with Gasteiger partial charge in [-0.15, -0.1) is 0 Å². The van der Waals surface area contributed by atoms with E-state index in [2.05, 4.69) is 10.6 Å². The lowest BCUT2D eigenvalue weighted by Gasteiger charge is -2.34. The first-order valence-corrected chi connectivity index (χ1v) is 11.7. The second-order valence-corrected chi connectivity index (χ2v) is 9.94. The molecule has 0 radical (unpaired) electrons. The fourth-order valence-electron chi connectivity index (χ4n) is 4.78. The van der Waals surface area contributed by atoms with Crippen LogP contribution in [0.3, 0.4) is 0 Å². The van der Waals surface area contributed by atoms with Crippen molar-refractivity contribution in [1.29, 1.82) is 0 Å². The predicted molar refractivity (Wildman–Crippen MR) is 121 cm³/mol. The first kappa shape index (κ1) is 24.1. The van der Waals surface area contributed by atoms with Gasteiger partial charge in [0.1, 0.15) is 17.2 Å². The second-order valence-electron chi connectivity index (χ2n) is 9.94. The molecule has 0 unspecified atom stereocenters. The van der Waals surface area contributed by atoms with E-state index in [1.807, 2.05) is 24.3 Å². The molecule has 1 atom stereocenters. The number of rotatable bonds is 6. The van der Waals surface area contributed by atoms with Crippen molar-refractivity contribution in [2.45, 2.75) is 89.8 Å². The van der Waals surface area contributed by atoms with Crippen molar-refractivity contribution < 1.29 is 23.9 Å².